The lowest BCUT2D eigenvalue weighted by molar-refractivity contribution is 0.265. The quantitative estimate of drug-likeness (QED) is 0.770. The molecule has 2 heterocycles. The van der Waals surface area contributed by atoms with E-state index >= 15 is 0 Å². The summed E-state index contributed by atoms with van der Waals surface area (Å²) in [6.07, 6.45) is 4.67. The van der Waals surface area contributed by atoms with Crippen LogP contribution in [0.15, 0.2) is 12.7 Å². The summed E-state index contributed by atoms with van der Waals surface area (Å²) in [5.74, 6) is 1.27. The predicted octanol–water partition coefficient (Wildman–Crippen LogP) is 1.11. The molecule has 1 aliphatic rings. The van der Waals surface area contributed by atoms with Gasteiger partial charge in [-0.05, 0) is 6.42 Å². The lowest BCUT2D eigenvalue weighted by Crippen LogP contribution is -2.39. The van der Waals surface area contributed by atoms with E-state index in [1.165, 1.54) is 25.3 Å². The van der Waals surface area contributed by atoms with E-state index in [-0.39, 0.29) is 0 Å². The number of nitrogens with zero attached hydrogens (tertiary/aromatic N) is 4. The number of hydrogen-bond acceptors (Lipinski definition) is 4. The molecule has 1 aliphatic heterocycles. The summed E-state index contributed by atoms with van der Waals surface area (Å²) >= 11 is 2.11. The summed E-state index contributed by atoms with van der Waals surface area (Å²) in [5, 5.41) is 4.94. The zero-order valence-corrected chi connectivity index (χ0v) is 9.99. The maximum Gasteiger partial charge on any atom is 0.137 e. The molecule has 0 unspecified atom stereocenters. The molecule has 0 radical (unpaired) electrons. The third-order valence-electron chi connectivity index (χ3n) is 2.79. The molecule has 4 nitrogen and oxygen atoms in total. The van der Waals surface area contributed by atoms with Crippen LogP contribution in [0.4, 0.5) is 0 Å². The van der Waals surface area contributed by atoms with Crippen LogP contribution in [0.5, 0.6) is 0 Å². The van der Waals surface area contributed by atoms with Crippen molar-refractivity contribution in [2.24, 2.45) is 0 Å². The van der Waals surface area contributed by atoms with E-state index in [4.69, 9.17) is 0 Å². The molecule has 1 aromatic rings. The molecule has 1 aromatic heterocycles. The van der Waals surface area contributed by atoms with Crippen molar-refractivity contribution in [2.45, 2.75) is 25.1 Å². The largest absolute Gasteiger partial charge is 0.300 e. The second kappa shape index (κ2) is 5.51. The Hall–Kier alpha value is -0.550. The van der Waals surface area contributed by atoms with Crippen molar-refractivity contribution in [1.29, 1.82) is 0 Å². The predicted molar refractivity (Wildman–Crippen MR) is 63.0 cm³/mol. The highest BCUT2D eigenvalue weighted by Gasteiger charge is 2.18. The highest BCUT2D eigenvalue weighted by Crippen LogP contribution is 2.20. The summed E-state index contributed by atoms with van der Waals surface area (Å²) in [6.45, 7) is 6.78. The van der Waals surface area contributed by atoms with Gasteiger partial charge in [0.15, 0.2) is 0 Å². The Bertz CT molecular complexity index is 275. The first-order chi connectivity index (χ1) is 7.38. The fraction of sp³-hybridized carbons (Fsp3) is 0.800. The van der Waals surface area contributed by atoms with Crippen LogP contribution < -0.4 is 0 Å². The van der Waals surface area contributed by atoms with E-state index < -0.39 is 0 Å². The van der Waals surface area contributed by atoms with Crippen molar-refractivity contribution in [3.8, 4) is 0 Å². The fourth-order valence-corrected chi connectivity index (χ4v) is 3.07. The Labute approximate surface area is 95.1 Å². The summed E-state index contributed by atoms with van der Waals surface area (Å²) in [6, 6.07) is 0. The molecule has 0 N–H and O–H groups in total. The third kappa shape index (κ3) is 3.21. The van der Waals surface area contributed by atoms with Gasteiger partial charge in [0, 0.05) is 30.6 Å². The normalized spacial score (nSPS) is 23.1. The number of thioether (sulfide) groups is 1. The van der Waals surface area contributed by atoms with Gasteiger partial charge in [-0.2, -0.15) is 16.9 Å². The molecule has 0 aliphatic carbocycles. The minimum absolute atomic E-state index is 0.828. The molecule has 0 amide bonds. The van der Waals surface area contributed by atoms with Gasteiger partial charge in [0.05, 0.1) is 6.54 Å². The van der Waals surface area contributed by atoms with Crippen LogP contribution in [0.25, 0.3) is 0 Å². The molecule has 84 valence electrons. The standard InChI is InChI=1S/C10H18N4S/c1-2-10-7-13(5-6-15-10)3-4-14-9-11-8-12-14/h8-10H,2-7H2,1H3/t10-/m1/s1. The lowest BCUT2D eigenvalue weighted by Gasteiger charge is -2.31. The van der Waals surface area contributed by atoms with Gasteiger partial charge in [-0.1, -0.05) is 6.92 Å². The van der Waals surface area contributed by atoms with Crippen molar-refractivity contribution in [3.63, 3.8) is 0 Å². The van der Waals surface area contributed by atoms with Crippen LogP contribution in [0.2, 0.25) is 0 Å². The summed E-state index contributed by atoms with van der Waals surface area (Å²) in [5.41, 5.74) is 0. The van der Waals surface area contributed by atoms with E-state index in [0.29, 0.717) is 0 Å². The van der Waals surface area contributed by atoms with Crippen LogP contribution in [0.1, 0.15) is 13.3 Å². The minimum atomic E-state index is 0.828. The van der Waals surface area contributed by atoms with Crippen LogP contribution in [-0.4, -0.2) is 50.3 Å². The van der Waals surface area contributed by atoms with Gasteiger partial charge in [0.2, 0.25) is 0 Å². The molecule has 1 fully saturated rings. The van der Waals surface area contributed by atoms with Gasteiger partial charge in [0.25, 0.3) is 0 Å². The first-order valence-electron chi connectivity index (χ1n) is 5.55. The van der Waals surface area contributed by atoms with E-state index in [9.17, 15) is 0 Å². The molecule has 0 spiro atoms. The highest BCUT2D eigenvalue weighted by molar-refractivity contribution is 8.00. The first-order valence-corrected chi connectivity index (χ1v) is 6.59. The van der Waals surface area contributed by atoms with Gasteiger partial charge in [-0.25, -0.2) is 4.98 Å². The maximum atomic E-state index is 4.11. The van der Waals surface area contributed by atoms with E-state index in [2.05, 4.69) is 33.7 Å². The lowest BCUT2D eigenvalue weighted by atomic mass is 10.3. The Morgan fingerprint density at radius 2 is 2.40 bits per heavy atom. The molecular weight excluding hydrogens is 208 g/mol. The van der Waals surface area contributed by atoms with Crippen LogP contribution in [0, 0.1) is 0 Å². The van der Waals surface area contributed by atoms with E-state index in [1.54, 1.807) is 12.7 Å². The molecule has 1 atom stereocenters. The average Bonchev–Trinajstić information content (AvgIpc) is 2.79. The smallest absolute Gasteiger partial charge is 0.137 e. The van der Waals surface area contributed by atoms with Crippen molar-refractivity contribution < 1.29 is 0 Å². The Morgan fingerprint density at radius 3 is 3.13 bits per heavy atom. The van der Waals surface area contributed by atoms with E-state index in [0.717, 1.165) is 18.3 Å². The SMILES string of the molecule is CC[C@@H]1CN(CCn2cncn2)CCS1. The molecule has 1 saturated heterocycles. The third-order valence-corrected chi connectivity index (χ3v) is 4.16. The van der Waals surface area contributed by atoms with Gasteiger partial charge in [-0.3, -0.25) is 9.58 Å². The van der Waals surface area contributed by atoms with Crippen LogP contribution in [-0.2, 0) is 6.54 Å². The van der Waals surface area contributed by atoms with Crippen molar-refractivity contribution in [3.05, 3.63) is 12.7 Å². The van der Waals surface area contributed by atoms with Crippen molar-refractivity contribution in [2.75, 3.05) is 25.4 Å². The molecule has 15 heavy (non-hydrogen) atoms. The van der Waals surface area contributed by atoms with Crippen molar-refractivity contribution in [1.82, 2.24) is 19.7 Å². The van der Waals surface area contributed by atoms with Gasteiger partial charge in [-0.15, -0.1) is 0 Å². The van der Waals surface area contributed by atoms with Crippen molar-refractivity contribution >= 4 is 11.8 Å². The molecule has 2 rings (SSSR count). The number of aromatic nitrogens is 3. The fourth-order valence-electron chi connectivity index (χ4n) is 1.82. The second-order valence-corrected chi connectivity index (χ2v) is 5.27. The number of rotatable bonds is 4. The Balaban J connectivity index is 1.74. The first kappa shape index (κ1) is 11.0. The average molecular weight is 226 g/mol. The topological polar surface area (TPSA) is 34.0 Å². The van der Waals surface area contributed by atoms with E-state index in [1.807, 2.05) is 4.68 Å². The minimum Gasteiger partial charge on any atom is -0.300 e. The molecule has 5 heteroatoms. The summed E-state index contributed by atoms with van der Waals surface area (Å²) < 4.78 is 1.91. The Kier molecular flexibility index (Phi) is 4.02. The van der Waals surface area contributed by atoms with Crippen LogP contribution >= 0.6 is 11.8 Å². The molecule has 0 saturated carbocycles. The summed E-state index contributed by atoms with van der Waals surface area (Å²) in [4.78, 5) is 6.48. The van der Waals surface area contributed by atoms with Gasteiger partial charge >= 0.3 is 0 Å². The maximum absolute atomic E-state index is 4.11. The molecular formula is C10H18N4S. The Morgan fingerprint density at radius 1 is 1.47 bits per heavy atom. The zero-order chi connectivity index (χ0) is 10.5. The highest BCUT2D eigenvalue weighted by atomic mass is 32.2. The molecule has 0 aromatic carbocycles. The van der Waals surface area contributed by atoms with Crippen LogP contribution in [0.3, 0.4) is 0 Å². The van der Waals surface area contributed by atoms with Gasteiger partial charge < -0.3 is 0 Å². The summed E-state index contributed by atoms with van der Waals surface area (Å²) in [7, 11) is 0. The number of hydrogen-bond donors (Lipinski definition) is 0. The monoisotopic (exact) mass is 226 g/mol. The zero-order valence-electron chi connectivity index (χ0n) is 9.17. The van der Waals surface area contributed by atoms with Gasteiger partial charge in [0.1, 0.15) is 12.7 Å². The molecule has 0 bridgehead atoms. The second-order valence-electron chi connectivity index (χ2n) is 3.86.